The second-order valence-corrected chi connectivity index (χ2v) is 5.34. The zero-order chi connectivity index (χ0) is 14.6. The molecule has 0 spiro atoms. The van der Waals surface area contributed by atoms with Crippen LogP contribution >= 0.6 is 0 Å². The van der Waals surface area contributed by atoms with Crippen molar-refractivity contribution in [1.82, 2.24) is 5.32 Å². The fraction of sp³-hybridized carbons (Fsp3) is 0.429. The molecular formula is C14H20N2O3. The van der Waals surface area contributed by atoms with E-state index in [1.807, 2.05) is 32.9 Å². The van der Waals surface area contributed by atoms with Gasteiger partial charge < -0.3 is 10.4 Å². The van der Waals surface area contributed by atoms with Crippen molar-refractivity contribution in [3.63, 3.8) is 0 Å². The Bertz CT molecular complexity index is 478. The molecule has 0 heterocycles. The summed E-state index contributed by atoms with van der Waals surface area (Å²) in [6.07, 6.45) is 0. The summed E-state index contributed by atoms with van der Waals surface area (Å²) < 4.78 is 0. The highest BCUT2D eigenvalue weighted by molar-refractivity contribution is 6.08. The second kappa shape index (κ2) is 5.84. The summed E-state index contributed by atoms with van der Waals surface area (Å²) in [5.41, 5.74) is 1.47. The Morgan fingerprint density at radius 1 is 1.21 bits per heavy atom. The van der Waals surface area contributed by atoms with Crippen molar-refractivity contribution in [2.45, 2.75) is 32.2 Å². The van der Waals surface area contributed by atoms with Gasteiger partial charge in [0.15, 0.2) is 6.04 Å². The number of nitrogens with one attached hydrogen (secondary N) is 2. The number of carboxylic acid groups (broad SMARTS) is 1. The van der Waals surface area contributed by atoms with Gasteiger partial charge in [-0.1, -0.05) is 39.0 Å². The molecule has 0 bridgehead atoms. The molecule has 0 saturated carbocycles. The van der Waals surface area contributed by atoms with Gasteiger partial charge in [0.1, 0.15) is 0 Å². The van der Waals surface area contributed by atoms with Crippen LogP contribution in [0.1, 0.15) is 26.3 Å². The molecule has 1 unspecified atom stereocenters. The monoisotopic (exact) mass is 264 g/mol. The number of likely N-dealkylation sites (N-methyl/N-ethyl adjacent to an activating group) is 1. The van der Waals surface area contributed by atoms with E-state index in [1.54, 1.807) is 12.1 Å². The summed E-state index contributed by atoms with van der Waals surface area (Å²) >= 11 is 0. The van der Waals surface area contributed by atoms with Crippen molar-refractivity contribution in [3.8, 4) is 0 Å². The molecule has 3 N–H and O–H groups in total. The van der Waals surface area contributed by atoms with E-state index in [0.717, 1.165) is 5.56 Å². The number of hydrogen-bond donors (Lipinski definition) is 3. The Morgan fingerprint density at radius 3 is 2.26 bits per heavy atom. The van der Waals surface area contributed by atoms with Crippen molar-refractivity contribution in [2.24, 2.45) is 0 Å². The molecule has 104 valence electrons. The molecule has 1 atom stereocenters. The minimum atomic E-state index is -1.26. The average Bonchev–Trinajstić information content (AvgIpc) is 2.28. The summed E-state index contributed by atoms with van der Waals surface area (Å²) in [6, 6.07) is 6.13. The molecular weight excluding hydrogens is 244 g/mol. The van der Waals surface area contributed by atoms with Crippen molar-refractivity contribution < 1.29 is 14.7 Å². The van der Waals surface area contributed by atoms with Gasteiger partial charge in [-0.15, -0.1) is 0 Å². The molecule has 0 saturated heterocycles. The first-order valence-corrected chi connectivity index (χ1v) is 6.08. The summed E-state index contributed by atoms with van der Waals surface area (Å²) in [7, 11) is 1.44. The van der Waals surface area contributed by atoms with Crippen LogP contribution in [-0.4, -0.2) is 30.1 Å². The molecule has 0 radical (unpaired) electrons. The predicted octanol–water partition coefficient (Wildman–Crippen LogP) is 1.60. The Kier molecular flexibility index (Phi) is 4.67. The second-order valence-electron chi connectivity index (χ2n) is 5.34. The van der Waals surface area contributed by atoms with Crippen LogP contribution < -0.4 is 10.6 Å². The van der Waals surface area contributed by atoms with Crippen LogP contribution in [0.2, 0.25) is 0 Å². The normalized spacial score (nSPS) is 12.8. The largest absolute Gasteiger partial charge is 0.480 e. The van der Waals surface area contributed by atoms with Crippen molar-refractivity contribution in [1.29, 1.82) is 0 Å². The number of carboxylic acids is 1. The summed E-state index contributed by atoms with van der Waals surface area (Å²) in [5.74, 6) is -1.78. The Balaban J connectivity index is 3.00. The van der Waals surface area contributed by atoms with Gasteiger partial charge in [0.25, 0.3) is 5.91 Å². The van der Waals surface area contributed by atoms with Crippen LogP contribution in [0, 0.1) is 0 Å². The van der Waals surface area contributed by atoms with Gasteiger partial charge >= 0.3 is 5.97 Å². The highest BCUT2D eigenvalue weighted by atomic mass is 16.4. The summed E-state index contributed by atoms with van der Waals surface area (Å²) in [4.78, 5) is 22.8. The third-order valence-electron chi connectivity index (χ3n) is 2.79. The number of carbonyl (C=O) groups excluding carboxylic acids is 1. The van der Waals surface area contributed by atoms with Gasteiger partial charge in [0.2, 0.25) is 0 Å². The number of anilines is 1. The zero-order valence-corrected chi connectivity index (χ0v) is 11.7. The lowest BCUT2D eigenvalue weighted by atomic mass is 9.86. The topological polar surface area (TPSA) is 78.4 Å². The van der Waals surface area contributed by atoms with Crippen molar-refractivity contribution in [2.75, 3.05) is 12.4 Å². The van der Waals surface area contributed by atoms with Crippen LogP contribution in [-0.2, 0) is 15.0 Å². The molecule has 0 aromatic heterocycles. The summed E-state index contributed by atoms with van der Waals surface area (Å²) in [6.45, 7) is 6.10. The third kappa shape index (κ3) is 3.79. The fourth-order valence-corrected chi connectivity index (χ4v) is 1.82. The molecule has 1 amide bonds. The maximum absolute atomic E-state index is 11.9. The highest BCUT2D eigenvalue weighted by Crippen LogP contribution is 2.29. The van der Waals surface area contributed by atoms with Gasteiger partial charge in [-0.3, -0.25) is 10.1 Å². The number of hydrogen-bond acceptors (Lipinski definition) is 3. The molecule has 0 aliphatic heterocycles. The van der Waals surface area contributed by atoms with E-state index in [9.17, 15) is 9.59 Å². The van der Waals surface area contributed by atoms with Gasteiger partial charge in [0.05, 0.1) is 0 Å². The number of aliphatic carboxylic acids is 1. The first-order valence-electron chi connectivity index (χ1n) is 6.08. The Labute approximate surface area is 113 Å². The lowest BCUT2D eigenvalue weighted by Gasteiger charge is -2.23. The highest BCUT2D eigenvalue weighted by Gasteiger charge is 2.26. The molecule has 1 rings (SSSR count). The maximum atomic E-state index is 11.9. The zero-order valence-electron chi connectivity index (χ0n) is 11.7. The van der Waals surface area contributed by atoms with Crippen LogP contribution in [0.25, 0.3) is 0 Å². The van der Waals surface area contributed by atoms with E-state index in [0.29, 0.717) is 5.69 Å². The number of para-hydroxylation sites is 1. The van der Waals surface area contributed by atoms with Crippen molar-refractivity contribution >= 4 is 17.6 Å². The molecule has 0 fully saturated rings. The average molecular weight is 264 g/mol. The van der Waals surface area contributed by atoms with E-state index in [1.165, 1.54) is 7.05 Å². The Morgan fingerprint density at radius 2 is 1.79 bits per heavy atom. The van der Waals surface area contributed by atoms with E-state index >= 15 is 0 Å². The first-order chi connectivity index (χ1) is 8.77. The molecule has 5 nitrogen and oxygen atoms in total. The van der Waals surface area contributed by atoms with E-state index < -0.39 is 17.9 Å². The van der Waals surface area contributed by atoms with Crippen molar-refractivity contribution in [3.05, 3.63) is 29.8 Å². The summed E-state index contributed by atoms with van der Waals surface area (Å²) in [5, 5.41) is 14.1. The van der Waals surface area contributed by atoms with Crippen LogP contribution in [0.4, 0.5) is 5.69 Å². The first kappa shape index (κ1) is 15.2. The number of benzene rings is 1. The maximum Gasteiger partial charge on any atom is 0.330 e. The molecule has 5 heteroatoms. The number of rotatable bonds is 4. The van der Waals surface area contributed by atoms with Crippen LogP contribution in [0.3, 0.4) is 0 Å². The minimum Gasteiger partial charge on any atom is -0.480 e. The van der Waals surface area contributed by atoms with Gasteiger partial charge in [-0.25, -0.2) is 4.79 Å². The van der Waals surface area contributed by atoms with Gasteiger partial charge in [0, 0.05) is 5.69 Å². The molecule has 0 aliphatic carbocycles. The standard InChI is InChI=1S/C14H20N2O3/c1-14(2,3)9-7-5-6-8-10(9)16-12(17)11(15-4)13(18)19/h5-8,11,15H,1-4H3,(H,16,17)(H,18,19). The molecule has 0 aliphatic rings. The van der Waals surface area contributed by atoms with E-state index in [2.05, 4.69) is 10.6 Å². The molecule has 19 heavy (non-hydrogen) atoms. The SMILES string of the molecule is CNC(C(=O)O)C(=O)Nc1ccccc1C(C)(C)C. The van der Waals surface area contributed by atoms with Crippen LogP contribution in [0.5, 0.6) is 0 Å². The van der Waals surface area contributed by atoms with E-state index in [-0.39, 0.29) is 5.41 Å². The number of amides is 1. The molecule has 1 aromatic rings. The molecule has 1 aromatic carbocycles. The lowest BCUT2D eigenvalue weighted by Crippen LogP contribution is -2.44. The lowest BCUT2D eigenvalue weighted by molar-refractivity contribution is -0.142. The van der Waals surface area contributed by atoms with E-state index in [4.69, 9.17) is 5.11 Å². The third-order valence-corrected chi connectivity index (χ3v) is 2.79. The smallest absolute Gasteiger partial charge is 0.330 e. The Hall–Kier alpha value is -1.88. The van der Waals surface area contributed by atoms with Crippen LogP contribution in [0.15, 0.2) is 24.3 Å². The number of carbonyl (C=O) groups is 2. The van der Waals surface area contributed by atoms with Gasteiger partial charge in [-0.2, -0.15) is 0 Å². The quantitative estimate of drug-likeness (QED) is 0.722. The fourth-order valence-electron chi connectivity index (χ4n) is 1.82. The van der Waals surface area contributed by atoms with Gasteiger partial charge in [-0.05, 0) is 24.1 Å². The predicted molar refractivity (Wildman–Crippen MR) is 74.3 cm³/mol. The minimum absolute atomic E-state index is 0.137.